The summed E-state index contributed by atoms with van der Waals surface area (Å²) in [7, 11) is 0. The molecule has 7 nitrogen and oxygen atoms in total. The molecule has 0 aliphatic rings. The molecule has 0 radical (unpaired) electrons. The van der Waals surface area contributed by atoms with Crippen LogP contribution in [0.5, 0.6) is 0 Å². The van der Waals surface area contributed by atoms with Crippen LogP contribution in [0.25, 0.3) is 11.5 Å². The Kier molecular flexibility index (Phi) is 7.10. The molecular formula is C22H23N3O4. The van der Waals surface area contributed by atoms with Crippen molar-refractivity contribution in [1.82, 2.24) is 15.5 Å². The summed E-state index contributed by atoms with van der Waals surface area (Å²) in [6.45, 7) is 2.19. The van der Waals surface area contributed by atoms with Crippen LogP contribution in [-0.4, -0.2) is 35.2 Å². The van der Waals surface area contributed by atoms with E-state index in [1.807, 2.05) is 61.5 Å². The van der Waals surface area contributed by atoms with Gasteiger partial charge in [0.05, 0.1) is 6.42 Å². The zero-order valence-corrected chi connectivity index (χ0v) is 16.3. The van der Waals surface area contributed by atoms with E-state index in [9.17, 15) is 9.59 Å². The van der Waals surface area contributed by atoms with E-state index < -0.39 is 5.97 Å². The van der Waals surface area contributed by atoms with E-state index in [2.05, 4.69) is 15.5 Å². The quantitative estimate of drug-likeness (QED) is 0.562. The minimum absolute atomic E-state index is 0.0623. The fourth-order valence-corrected chi connectivity index (χ4v) is 2.64. The number of aromatic nitrogens is 2. The number of benzene rings is 2. The third-order valence-corrected chi connectivity index (χ3v) is 4.25. The molecule has 1 heterocycles. The summed E-state index contributed by atoms with van der Waals surface area (Å²) >= 11 is 0. The molecule has 29 heavy (non-hydrogen) atoms. The van der Waals surface area contributed by atoms with Crippen LogP contribution in [0.15, 0.2) is 59.0 Å². The molecule has 1 aromatic heterocycles. The number of carbonyl (C=O) groups excluding carboxylic acids is 2. The van der Waals surface area contributed by atoms with E-state index in [0.717, 1.165) is 23.1 Å². The van der Waals surface area contributed by atoms with Crippen molar-refractivity contribution in [3.63, 3.8) is 0 Å². The number of nitrogens with zero attached hydrogens (tertiary/aromatic N) is 2. The summed E-state index contributed by atoms with van der Waals surface area (Å²) in [5.41, 5.74) is 3.10. The Morgan fingerprint density at radius 2 is 1.76 bits per heavy atom. The van der Waals surface area contributed by atoms with Crippen LogP contribution in [0.2, 0.25) is 0 Å². The van der Waals surface area contributed by atoms with Crippen LogP contribution in [0.1, 0.15) is 23.4 Å². The number of amides is 1. The monoisotopic (exact) mass is 393 g/mol. The molecule has 1 amide bonds. The molecular weight excluding hydrogens is 370 g/mol. The van der Waals surface area contributed by atoms with Gasteiger partial charge in [0.1, 0.15) is 0 Å². The first-order chi connectivity index (χ1) is 14.1. The Balaban J connectivity index is 1.34. The Labute approximate surface area is 169 Å². The van der Waals surface area contributed by atoms with Gasteiger partial charge < -0.3 is 14.5 Å². The molecule has 2 aromatic carbocycles. The van der Waals surface area contributed by atoms with Crippen LogP contribution in [0, 0.1) is 6.92 Å². The highest BCUT2D eigenvalue weighted by molar-refractivity contribution is 5.80. The maximum absolute atomic E-state index is 11.8. The molecule has 150 valence electrons. The number of ether oxygens (including phenoxy) is 1. The third-order valence-electron chi connectivity index (χ3n) is 4.25. The molecule has 0 bridgehead atoms. The molecule has 0 saturated heterocycles. The largest absolute Gasteiger partial charge is 0.456 e. The van der Waals surface area contributed by atoms with E-state index >= 15 is 0 Å². The maximum atomic E-state index is 11.8. The fraction of sp³-hybridized carbons (Fsp3) is 0.273. The summed E-state index contributed by atoms with van der Waals surface area (Å²) < 4.78 is 10.6. The molecule has 0 spiro atoms. The number of esters is 1. The summed E-state index contributed by atoms with van der Waals surface area (Å²) in [6.07, 6.45) is 1.04. The predicted octanol–water partition coefficient (Wildman–Crippen LogP) is 2.88. The number of aryl methyl sites for hydroxylation is 2. The van der Waals surface area contributed by atoms with Crippen LogP contribution < -0.4 is 5.32 Å². The Bertz CT molecular complexity index is 936. The van der Waals surface area contributed by atoms with E-state index in [4.69, 9.17) is 9.15 Å². The predicted molar refractivity (Wildman–Crippen MR) is 107 cm³/mol. The summed E-state index contributed by atoms with van der Waals surface area (Å²) in [6, 6.07) is 17.6. The van der Waals surface area contributed by atoms with Crippen LogP contribution in [0.4, 0.5) is 0 Å². The van der Waals surface area contributed by atoms with Crippen molar-refractivity contribution in [2.24, 2.45) is 0 Å². The smallest absolute Gasteiger partial charge is 0.306 e. The average Bonchev–Trinajstić information content (AvgIpc) is 3.21. The summed E-state index contributed by atoms with van der Waals surface area (Å²) in [5.74, 6) is -0.0528. The lowest BCUT2D eigenvalue weighted by molar-refractivity contribution is -0.148. The van der Waals surface area contributed by atoms with Gasteiger partial charge in [0.15, 0.2) is 6.61 Å². The molecule has 3 aromatic rings. The summed E-state index contributed by atoms with van der Waals surface area (Å²) in [4.78, 5) is 23.6. The van der Waals surface area contributed by atoms with Gasteiger partial charge in [-0.15, -0.1) is 10.2 Å². The van der Waals surface area contributed by atoms with Crippen molar-refractivity contribution < 1.29 is 18.7 Å². The van der Waals surface area contributed by atoms with Gasteiger partial charge in [-0.25, -0.2) is 0 Å². The Morgan fingerprint density at radius 1 is 1.00 bits per heavy atom. The first-order valence-electron chi connectivity index (χ1n) is 9.46. The first-order valence-corrected chi connectivity index (χ1v) is 9.46. The topological polar surface area (TPSA) is 94.3 Å². The van der Waals surface area contributed by atoms with Crippen LogP contribution in [-0.2, 0) is 27.2 Å². The lowest BCUT2D eigenvalue weighted by atomic mass is 10.1. The van der Waals surface area contributed by atoms with Gasteiger partial charge in [-0.05, 0) is 31.0 Å². The molecule has 7 heteroatoms. The Morgan fingerprint density at radius 3 is 2.52 bits per heavy atom. The van der Waals surface area contributed by atoms with Gasteiger partial charge in [-0.2, -0.15) is 0 Å². The van der Waals surface area contributed by atoms with Crippen molar-refractivity contribution in [1.29, 1.82) is 0 Å². The third kappa shape index (κ3) is 6.57. The average molecular weight is 393 g/mol. The lowest BCUT2D eigenvalue weighted by Gasteiger charge is -2.06. The van der Waals surface area contributed by atoms with Crippen LogP contribution in [0.3, 0.4) is 0 Å². The minimum Gasteiger partial charge on any atom is -0.456 e. The zero-order valence-electron chi connectivity index (χ0n) is 16.3. The SMILES string of the molecule is Cc1ccc(-c2nnc(CCC(=O)OCC(=O)NCCc3ccccc3)o2)cc1. The number of carbonyl (C=O) groups is 2. The second-order valence-electron chi connectivity index (χ2n) is 6.61. The van der Waals surface area contributed by atoms with Crippen LogP contribution >= 0.6 is 0 Å². The lowest BCUT2D eigenvalue weighted by Crippen LogP contribution is -2.30. The van der Waals surface area contributed by atoms with E-state index in [-0.39, 0.29) is 25.4 Å². The molecule has 0 unspecified atom stereocenters. The fourth-order valence-electron chi connectivity index (χ4n) is 2.64. The van der Waals surface area contributed by atoms with Crippen molar-refractivity contribution in [2.75, 3.05) is 13.2 Å². The van der Waals surface area contributed by atoms with Crippen molar-refractivity contribution in [2.45, 2.75) is 26.2 Å². The van der Waals surface area contributed by atoms with Crippen molar-refractivity contribution in [3.05, 3.63) is 71.6 Å². The standard InChI is InChI=1S/C22H23N3O4/c1-16-7-9-18(10-8-16)22-25-24-20(29-22)11-12-21(27)28-15-19(26)23-14-13-17-5-3-2-4-6-17/h2-10H,11-15H2,1H3,(H,23,26). The number of hydrogen-bond donors (Lipinski definition) is 1. The van der Waals surface area contributed by atoms with Gasteiger partial charge in [0.2, 0.25) is 11.8 Å². The van der Waals surface area contributed by atoms with E-state index in [1.54, 1.807) is 0 Å². The highest BCUT2D eigenvalue weighted by Crippen LogP contribution is 2.18. The van der Waals surface area contributed by atoms with Crippen molar-refractivity contribution >= 4 is 11.9 Å². The molecule has 0 atom stereocenters. The van der Waals surface area contributed by atoms with E-state index in [1.165, 1.54) is 0 Å². The second-order valence-corrected chi connectivity index (χ2v) is 6.61. The highest BCUT2D eigenvalue weighted by atomic mass is 16.5. The first kappa shape index (κ1) is 20.3. The Hall–Kier alpha value is -3.48. The number of hydrogen-bond acceptors (Lipinski definition) is 6. The van der Waals surface area contributed by atoms with Crippen molar-refractivity contribution in [3.8, 4) is 11.5 Å². The molecule has 3 rings (SSSR count). The van der Waals surface area contributed by atoms with Gasteiger partial charge in [0, 0.05) is 18.5 Å². The number of rotatable bonds is 9. The van der Waals surface area contributed by atoms with E-state index in [0.29, 0.717) is 18.3 Å². The second kappa shape index (κ2) is 10.2. The van der Waals surface area contributed by atoms with Gasteiger partial charge in [0.25, 0.3) is 5.91 Å². The molecule has 0 saturated carbocycles. The normalized spacial score (nSPS) is 10.5. The molecule has 0 fully saturated rings. The number of nitrogens with one attached hydrogen (secondary N) is 1. The zero-order chi connectivity index (χ0) is 20.5. The minimum atomic E-state index is -0.488. The highest BCUT2D eigenvalue weighted by Gasteiger charge is 2.12. The molecule has 1 N–H and O–H groups in total. The summed E-state index contributed by atoms with van der Waals surface area (Å²) in [5, 5.41) is 10.7. The van der Waals surface area contributed by atoms with Gasteiger partial charge in [-0.3, -0.25) is 9.59 Å². The molecule has 0 aliphatic carbocycles. The molecule has 0 aliphatic heterocycles. The maximum Gasteiger partial charge on any atom is 0.306 e. The van der Waals surface area contributed by atoms with Gasteiger partial charge >= 0.3 is 5.97 Å². The van der Waals surface area contributed by atoms with Gasteiger partial charge in [-0.1, -0.05) is 48.0 Å².